The first kappa shape index (κ1) is 19.4. The van der Waals surface area contributed by atoms with Gasteiger partial charge in [-0.05, 0) is 55.2 Å². The smallest absolute Gasteiger partial charge is 0.319 e. The molecule has 1 fully saturated rings. The van der Waals surface area contributed by atoms with E-state index in [1.165, 1.54) is 19.3 Å². The summed E-state index contributed by atoms with van der Waals surface area (Å²) in [5, 5.41) is 6.42. The second-order valence-electron chi connectivity index (χ2n) is 7.09. The fraction of sp³-hybridized carbons (Fsp3) is 0.381. The molecule has 1 aliphatic heterocycles. The van der Waals surface area contributed by atoms with Crippen LogP contribution >= 0.6 is 11.6 Å². The van der Waals surface area contributed by atoms with Gasteiger partial charge in [0.05, 0.1) is 10.7 Å². The standard InChI is InChI=1S/C21H27ClN4O/c1-25(2)18-8-6-7-16(13-18)15-23-21(27)24-17-9-10-20(19(22)14-17)26-11-4-3-5-12-26/h6-10,13-14H,3-5,11-12,15H2,1-2H3,(H2,23,24,27). The second-order valence-corrected chi connectivity index (χ2v) is 7.49. The van der Waals surface area contributed by atoms with Crippen molar-refractivity contribution in [2.24, 2.45) is 0 Å². The van der Waals surface area contributed by atoms with Gasteiger partial charge in [-0.15, -0.1) is 0 Å². The number of rotatable bonds is 5. The van der Waals surface area contributed by atoms with Crippen molar-refractivity contribution in [3.05, 3.63) is 53.1 Å². The van der Waals surface area contributed by atoms with Crippen molar-refractivity contribution in [3.63, 3.8) is 0 Å². The number of halogens is 1. The summed E-state index contributed by atoms with van der Waals surface area (Å²) in [7, 11) is 3.99. The third-order valence-electron chi connectivity index (χ3n) is 4.78. The van der Waals surface area contributed by atoms with Crippen molar-refractivity contribution in [2.45, 2.75) is 25.8 Å². The molecule has 0 radical (unpaired) electrons. The third-order valence-corrected chi connectivity index (χ3v) is 5.09. The highest BCUT2D eigenvalue weighted by Gasteiger charge is 2.14. The molecule has 2 amide bonds. The molecule has 1 heterocycles. The molecule has 0 aliphatic carbocycles. The number of benzene rings is 2. The van der Waals surface area contributed by atoms with Crippen molar-refractivity contribution >= 4 is 34.7 Å². The molecule has 6 heteroatoms. The van der Waals surface area contributed by atoms with Crippen LogP contribution in [0.25, 0.3) is 0 Å². The van der Waals surface area contributed by atoms with E-state index < -0.39 is 0 Å². The molecule has 0 aromatic heterocycles. The molecule has 3 rings (SSSR count). The summed E-state index contributed by atoms with van der Waals surface area (Å²) < 4.78 is 0. The van der Waals surface area contributed by atoms with Gasteiger partial charge in [-0.3, -0.25) is 0 Å². The van der Waals surface area contributed by atoms with Crippen LogP contribution in [0.15, 0.2) is 42.5 Å². The zero-order valence-corrected chi connectivity index (χ0v) is 16.7. The van der Waals surface area contributed by atoms with Crippen LogP contribution in [0.2, 0.25) is 5.02 Å². The Morgan fingerprint density at radius 3 is 2.59 bits per heavy atom. The Balaban J connectivity index is 1.56. The molecule has 0 saturated carbocycles. The van der Waals surface area contributed by atoms with Crippen LogP contribution < -0.4 is 20.4 Å². The van der Waals surface area contributed by atoms with Crippen LogP contribution in [-0.2, 0) is 6.54 Å². The number of anilines is 3. The molecule has 5 nitrogen and oxygen atoms in total. The molecule has 1 aliphatic rings. The van der Waals surface area contributed by atoms with Gasteiger partial charge in [0, 0.05) is 45.1 Å². The SMILES string of the molecule is CN(C)c1cccc(CNC(=O)Nc2ccc(N3CCCCC3)c(Cl)c2)c1. The van der Waals surface area contributed by atoms with Crippen molar-refractivity contribution < 1.29 is 4.79 Å². The molecule has 2 aromatic carbocycles. The Morgan fingerprint density at radius 1 is 1.11 bits per heavy atom. The predicted molar refractivity (Wildman–Crippen MR) is 114 cm³/mol. The topological polar surface area (TPSA) is 47.6 Å². The van der Waals surface area contributed by atoms with E-state index in [2.05, 4.69) is 21.6 Å². The highest BCUT2D eigenvalue weighted by Crippen LogP contribution is 2.30. The maximum absolute atomic E-state index is 12.2. The zero-order valence-electron chi connectivity index (χ0n) is 16.0. The first-order valence-corrected chi connectivity index (χ1v) is 9.76. The Morgan fingerprint density at radius 2 is 1.89 bits per heavy atom. The van der Waals surface area contributed by atoms with Gasteiger partial charge in [0.1, 0.15) is 0 Å². The van der Waals surface area contributed by atoms with Gasteiger partial charge in [-0.1, -0.05) is 23.7 Å². The molecular weight excluding hydrogens is 360 g/mol. The van der Waals surface area contributed by atoms with E-state index in [4.69, 9.17) is 11.6 Å². The number of nitrogens with one attached hydrogen (secondary N) is 2. The van der Waals surface area contributed by atoms with Crippen LogP contribution in [0.1, 0.15) is 24.8 Å². The summed E-state index contributed by atoms with van der Waals surface area (Å²) in [4.78, 5) is 16.6. The number of hydrogen-bond acceptors (Lipinski definition) is 3. The van der Waals surface area contributed by atoms with Crippen molar-refractivity contribution in [3.8, 4) is 0 Å². The fourth-order valence-corrected chi connectivity index (χ4v) is 3.58. The molecule has 0 bridgehead atoms. The Kier molecular flexibility index (Phi) is 6.45. The van der Waals surface area contributed by atoms with E-state index in [1.54, 1.807) is 0 Å². The average Bonchev–Trinajstić information content (AvgIpc) is 2.67. The highest BCUT2D eigenvalue weighted by molar-refractivity contribution is 6.33. The molecular formula is C21H27ClN4O. The molecule has 2 N–H and O–H groups in total. The number of carbonyl (C=O) groups excluding carboxylic acids is 1. The van der Waals surface area contributed by atoms with E-state index in [1.807, 2.05) is 55.4 Å². The Bertz CT molecular complexity index is 788. The van der Waals surface area contributed by atoms with Gasteiger partial charge in [-0.25, -0.2) is 4.79 Å². The first-order chi connectivity index (χ1) is 13.0. The molecule has 144 valence electrons. The summed E-state index contributed by atoms with van der Waals surface area (Å²) in [5.41, 5.74) is 3.90. The van der Waals surface area contributed by atoms with Crippen LogP contribution in [0.5, 0.6) is 0 Å². The summed E-state index contributed by atoms with van der Waals surface area (Å²) in [5.74, 6) is 0. The van der Waals surface area contributed by atoms with Gasteiger partial charge < -0.3 is 20.4 Å². The summed E-state index contributed by atoms with van der Waals surface area (Å²) >= 11 is 6.45. The molecule has 27 heavy (non-hydrogen) atoms. The number of hydrogen-bond donors (Lipinski definition) is 2. The van der Waals surface area contributed by atoms with Crippen molar-refractivity contribution in [1.29, 1.82) is 0 Å². The van der Waals surface area contributed by atoms with Gasteiger partial charge in [-0.2, -0.15) is 0 Å². The number of carbonyl (C=O) groups is 1. The number of nitrogens with zero attached hydrogens (tertiary/aromatic N) is 2. The minimum absolute atomic E-state index is 0.243. The Hall–Kier alpha value is -2.40. The minimum Gasteiger partial charge on any atom is -0.378 e. The van der Waals surface area contributed by atoms with Crippen LogP contribution in [0.3, 0.4) is 0 Å². The lowest BCUT2D eigenvalue weighted by molar-refractivity contribution is 0.251. The van der Waals surface area contributed by atoms with E-state index in [0.717, 1.165) is 30.0 Å². The number of urea groups is 1. The first-order valence-electron chi connectivity index (χ1n) is 9.38. The van der Waals surface area contributed by atoms with Crippen LogP contribution in [-0.4, -0.2) is 33.2 Å². The van der Waals surface area contributed by atoms with Crippen molar-refractivity contribution in [1.82, 2.24) is 5.32 Å². The zero-order chi connectivity index (χ0) is 19.2. The monoisotopic (exact) mass is 386 g/mol. The van der Waals surface area contributed by atoms with E-state index in [9.17, 15) is 4.79 Å². The van der Waals surface area contributed by atoms with Gasteiger partial charge in [0.25, 0.3) is 0 Å². The normalized spacial score (nSPS) is 14.0. The lowest BCUT2D eigenvalue weighted by Gasteiger charge is -2.29. The maximum atomic E-state index is 12.2. The highest BCUT2D eigenvalue weighted by atomic mass is 35.5. The van der Waals surface area contributed by atoms with Crippen LogP contribution in [0.4, 0.5) is 21.9 Å². The van der Waals surface area contributed by atoms with Gasteiger partial charge in [0.2, 0.25) is 0 Å². The largest absolute Gasteiger partial charge is 0.378 e. The quantitative estimate of drug-likeness (QED) is 0.781. The van der Waals surface area contributed by atoms with Crippen molar-refractivity contribution in [2.75, 3.05) is 42.3 Å². The number of amides is 2. The molecule has 0 unspecified atom stereocenters. The fourth-order valence-electron chi connectivity index (χ4n) is 3.28. The van der Waals surface area contributed by atoms with E-state index in [-0.39, 0.29) is 6.03 Å². The Labute approximate surface area is 166 Å². The molecule has 0 atom stereocenters. The minimum atomic E-state index is -0.243. The van der Waals surface area contributed by atoms with E-state index in [0.29, 0.717) is 17.3 Å². The van der Waals surface area contributed by atoms with Gasteiger partial charge in [0.15, 0.2) is 0 Å². The van der Waals surface area contributed by atoms with Gasteiger partial charge >= 0.3 is 6.03 Å². The predicted octanol–water partition coefficient (Wildman–Crippen LogP) is 4.72. The summed E-state index contributed by atoms with van der Waals surface area (Å²) in [6.45, 7) is 2.55. The lowest BCUT2D eigenvalue weighted by atomic mass is 10.1. The number of piperidine rings is 1. The second kappa shape index (κ2) is 9.00. The average molecular weight is 387 g/mol. The lowest BCUT2D eigenvalue weighted by Crippen LogP contribution is -2.30. The molecule has 0 spiro atoms. The molecule has 1 saturated heterocycles. The van der Waals surface area contributed by atoms with E-state index >= 15 is 0 Å². The third kappa shape index (κ3) is 5.30. The maximum Gasteiger partial charge on any atom is 0.319 e. The summed E-state index contributed by atoms with van der Waals surface area (Å²) in [6, 6.07) is 13.6. The summed E-state index contributed by atoms with van der Waals surface area (Å²) in [6.07, 6.45) is 3.69. The molecule has 2 aromatic rings. The van der Waals surface area contributed by atoms with Crippen LogP contribution in [0, 0.1) is 0 Å².